The molecular weight excluding hydrogens is 230 g/mol. The summed E-state index contributed by atoms with van der Waals surface area (Å²) in [7, 11) is 1.60. The fourth-order valence-electron chi connectivity index (χ4n) is 1.48. The summed E-state index contributed by atoms with van der Waals surface area (Å²) in [6, 6.07) is 7.50. The number of nitrogens with one attached hydrogen (secondary N) is 1. The fraction of sp³-hybridized carbons (Fsp3) is 0.357. The number of ether oxygens (including phenoxy) is 1. The van der Waals surface area contributed by atoms with Crippen molar-refractivity contribution in [1.29, 1.82) is 0 Å². The zero-order chi connectivity index (χ0) is 13.2. The average molecular weight is 249 g/mol. The molecule has 18 heavy (non-hydrogen) atoms. The number of carbonyl (C=O) groups is 1. The Hall–Kier alpha value is -1.81. The lowest BCUT2D eigenvalue weighted by Gasteiger charge is -2.03. The molecular formula is C14H19NO3. The minimum atomic E-state index is -0.140. The molecule has 0 aliphatic rings. The third kappa shape index (κ3) is 5.01. The lowest BCUT2D eigenvalue weighted by atomic mass is 10.2. The minimum Gasteiger partial charge on any atom is -0.496 e. The third-order valence-electron chi connectivity index (χ3n) is 2.44. The van der Waals surface area contributed by atoms with Gasteiger partial charge in [-0.3, -0.25) is 4.79 Å². The van der Waals surface area contributed by atoms with Crippen LogP contribution in [0.1, 0.15) is 18.4 Å². The zero-order valence-corrected chi connectivity index (χ0v) is 10.6. The molecule has 0 fully saturated rings. The van der Waals surface area contributed by atoms with Gasteiger partial charge in [-0.2, -0.15) is 0 Å². The monoisotopic (exact) mass is 249 g/mol. The van der Waals surface area contributed by atoms with Crippen LogP contribution in [0.2, 0.25) is 0 Å². The van der Waals surface area contributed by atoms with E-state index in [-0.39, 0.29) is 12.5 Å². The first-order valence-electron chi connectivity index (χ1n) is 5.97. The largest absolute Gasteiger partial charge is 0.496 e. The van der Waals surface area contributed by atoms with Crippen LogP contribution in [-0.2, 0) is 4.79 Å². The number of unbranched alkanes of at least 4 members (excludes halogenated alkanes) is 1. The summed E-state index contributed by atoms with van der Waals surface area (Å²) >= 11 is 0. The number of rotatable bonds is 7. The number of aliphatic hydroxyl groups is 1. The van der Waals surface area contributed by atoms with E-state index in [2.05, 4.69) is 5.32 Å². The Morgan fingerprint density at radius 2 is 2.17 bits per heavy atom. The highest BCUT2D eigenvalue weighted by molar-refractivity contribution is 5.92. The number of amides is 1. The highest BCUT2D eigenvalue weighted by Gasteiger charge is 1.98. The second-order valence-corrected chi connectivity index (χ2v) is 3.80. The molecule has 98 valence electrons. The van der Waals surface area contributed by atoms with Gasteiger partial charge in [0.2, 0.25) is 5.91 Å². The SMILES string of the molecule is COc1ccccc1/C=C/C(=O)NCCCCO. The summed E-state index contributed by atoms with van der Waals surface area (Å²) in [5.74, 6) is 0.598. The van der Waals surface area contributed by atoms with Crippen molar-refractivity contribution < 1.29 is 14.6 Å². The molecule has 0 heterocycles. The molecule has 0 saturated heterocycles. The van der Waals surface area contributed by atoms with E-state index in [0.717, 1.165) is 17.7 Å². The van der Waals surface area contributed by atoms with Crippen molar-refractivity contribution in [3.8, 4) is 5.75 Å². The van der Waals surface area contributed by atoms with Crippen LogP contribution in [0.4, 0.5) is 0 Å². The van der Waals surface area contributed by atoms with Gasteiger partial charge in [0.25, 0.3) is 0 Å². The van der Waals surface area contributed by atoms with E-state index in [9.17, 15) is 4.79 Å². The van der Waals surface area contributed by atoms with Crippen molar-refractivity contribution in [3.05, 3.63) is 35.9 Å². The van der Waals surface area contributed by atoms with Crippen molar-refractivity contribution in [2.24, 2.45) is 0 Å². The molecule has 1 aromatic carbocycles. The summed E-state index contributed by atoms with van der Waals surface area (Å²) in [5, 5.41) is 11.3. The van der Waals surface area contributed by atoms with Crippen molar-refractivity contribution >= 4 is 12.0 Å². The number of para-hydroxylation sites is 1. The van der Waals surface area contributed by atoms with Gasteiger partial charge in [0.1, 0.15) is 5.75 Å². The number of hydrogen-bond donors (Lipinski definition) is 2. The van der Waals surface area contributed by atoms with Gasteiger partial charge in [-0.05, 0) is 25.0 Å². The van der Waals surface area contributed by atoms with Crippen LogP contribution < -0.4 is 10.1 Å². The van der Waals surface area contributed by atoms with E-state index >= 15 is 0 Å². The van der Waals surface area contributed by atoms with Gasteiger partial charge < -0.3 is 15.2 Å². The van der Waals surface area contributed by atoms with Crippen molar-refractivity contribution in [2.75, 3.05) is 20.3 Å². The maximum absolute atomic E-state index is 11.5. The van der Waals surface area contributed by atoms with Gasteiger partial charge in [0, 0.05) is 24.8 Å². The molecule has 1 amide bonds. The normalized spacial score (nSPS) is 10.6. The second-order valence-electron chi connectivity index (χ2n) is 3.80. The predicted molar refractivity (Wildman–Crippen MR) is 71.4 cm³/mol. The molecule has 0 aromatic heterocycles. The Balaban J connectivity index is 2.45. The Labute approximate surface area is 107 Å². The molecule has 4 nitrogen and oxygen atoms in total. The van der Waals surface area contributed by atoms with E-state index in [1.165, 1.54) is 6.08 Å². The molecule has 2 N–H and O–H groups in total. The van der Waals surface area contributed by atoms with E-state index < -0.39 is 0 Å². The van der Waals surface area contributed by atoms with Crippen LogP contribution in [0, 0.1) is 0 Å². The molecule has 0 aliphatic heterocycles. The number of methoxy groups -OCH3 is 1. The van der Waals surface area contributed by atoms with Crippen LogP contribution >= 0.6 is 0 Å². The molecule has 0 unspecified atom stereocenters. The molecule has 0 atom stereocenters. The Morgan fingerprint density at radius 3 is 2.89 bits per heavy atom. The highest BCUT2D eigenvalue weighted by Crippen LogP contribution is 2.18. The molecule has 0 spiro atoms. The van der Waals surface area contributed by atoms with E-state index in [4.69, 9.17) is 9.84 Å². The average Bonchev–Trinajstić information content (AvgIpc) is 2.41. The van der Waals surface area contributed by atoms with E-state index in [0.29, 0.717) is 13.0 Å². The van der Waals surface area contributed by atoms with Gasteiger partial charge >= 0.3 is 0 Å². The quantitative estimate of drug-likeness (QED) is 0.570. The summed E-state index contributed by atoms with van der Waals surface area (Å²) in [6.07, 6.45) is 4.69. The van der Waals surface area contributed by atoms with Crippen LogP contribution in [0.25, 0.3) is 6.08 Å². The number of hydrogen-bond acceptors (Lipinski definition) is 3. The maximum Gasteiger partial charge on any atom is 0.244 e. The number of benzene rings is 1. The smallest absolute Gasteiger partial charge is 0.244 e. The zero-order valence-electron chi connectivity index (χ0n) is 10.6. The number of carbonyl (C=O) groups excluding carboxylic acids is 1. The maximum atomic E-state index is 11.5. The van der Waals surface area contributed by atoms with Gasteiger partial charge in [-0.1, -0.05) is 18.2 Å². The molecule has 0 saturated carbocycles. The predicted octanol–water partition coefficient (Wildman–Crippen LogP) is 1.60. The highest BCUT2D eigenvalue weighted by atomic mass is 16.5. The van der Waals surface area contributed by atoms with E-state index in [1.54, 1.807) is 13.2 Å². The second kappa shape index (κ2) is 8.31. The summed E-state index contributed by atoms with van der Waals surface area (Å²) < 4.78 is 5.18. The van der Waals surface area contributed by atoms with Crippen molar-refractivity contribution in [1.82, 2.24) is 5.32 Å². The Kier molecular flexibility index (Phi) is 6.58. The topological polar surface area (TPSA) is 58.6 Å². The van der Waals surface area contributed by atoms with Crippen LogP contribution in [0.3, 0.4) is 0 Å². The standard InChI is InChI=1S/C14H19NO3/c1-18-13-7-3-2-6-12(13)8-9-14(17)15-10-4-5-11-16/h2-3,6-9,16H,4-5,10-11H2,1H3,(H,15,17)/b9-8+. The summed E-state index contributed by atoms with van der Waals surface area (Å²) in [6.45, 7) is 0.739. The van der Waals surface area contributed by atoms with Gasteiger partial charge in [-0.15, -0.1) is 0 Å². The minimum absolute atomic E-state index is 0.140. The van der Waals surface area contributed by atoms with Gasteiger partial charge in [0.05, 0.1) is 7.11 Å². The first kappa shape index (κ1) is 14.3. The fourth-order valence-corrected chi connectivity index (χ4v) is 1.48. The first-order valence-corrected chi connectivity index (χ1v) is 5.97. The van der Waals surface area contributed by atoms with Crippen molar-refractivity contribution in [2.45, 2.75) is 12.8 Å². The molecule has 0 aliphatic carbocycles. The van der Waals surface area contributed by atoms with Gasteiger partial charge in [0.15, 0.2) is 0 Å². The van der Waals surface area contributed by atoms with Gasteiger partial charge in [-0.25, -0.2) is 0 Å². The Morgan fingerprint density at radius 1 is 1.39 bits per heavy atom. The lowest BCUT2D eigenvalue weighted by molar-refractivity contribution is -0.116. The molecule has 1 aromatic rings. The lowest BCUT2D eigenvalue weighted by Crippen LogP contribution is -2.22. The third-order valence-corrected chi connectivity index (χ3v) is 2.44. The van der Waals surface area contributed by atoms with Crippen LogP contribution in [0.5, 0.6) is 5.75 Å². The van der Waals surface area contributed by atoms with E-state index in [1.807, 2.05) is 24.3 Å². The number of aliphatic hydroxyl groups excluding tert-OH is 1. The molecule has 1 rings (SSSR count). The molecule has 4 heteroatoms. The van der Waals surface area contributed by atoms with Crippen LogP contribution in [0.15, 0.2) is 30.3 Å². The summed E-state index contributed by atoms with van der Waals surface area (Å²) in [5.41, 5.74) is 0.866. The van der Waals surface area contributed by atoms with Crippen LogP contribution in [-0.4, -0.2) is 31.3 Å². The first-order chi connectivity index (χ1) is 8.77. The molecule has 0 bridgehead atoms. The molecule has 0 radical (unpaired) electrons. The van der Waals surface area contributed by atoms with Crippen molar-refractivity contribution in [3.63, 3.8) is 0 Å². The summed E-state index contributed by atoms with van der Waals surface area (Å²) in [4.78, 5) is 11.5. The Bertz CT molecular complexity index is 402.